The molecule has 2 aliphatic rings. The molecule has 3 aromatic rings. The number of ether oxygens (including phenoxy) is 2. The normalized spacial score (nSPS) is 23.3. The predicted molar refractivity (Wildman–Crippen MR) is 92.5 cm³/mol. The fourth-order valence-corrected chi connectivity index (χ4v) is 4.01. The molecule has 6 nitrogen and oxygen atoms in total. The highest BCUT2D eigenvalue weighted by Crippen LogP contribution is 2.55. The number of phenols is 3. The summed E-state index contributed by atoms with van der Waals surface area (Å²) in [5.41, 5.74) is 0.442. The van der Waals surface area contributed by atoms with Crippen molar-refractivity contribution in [1.29, 1.82) is 0 Å². The first kappa shape index (κ1) is 15.2. The van der Waals surface area contributed by atoms with Crippen molar-refractivity contribution >= 4 is 10.8 Å². The molecule has 1 heterocycles. The van der Waals surface area contributed by atoms with Gasteiger partial charge >= 0.3 is 0 Å². The van der Waals surface area contributed by atoms with Crippen molar-refractivity contribution in [2.45, 2.75) is 24.7 Å². The van der Waals surface area contributed by atoms with Gasteiger partial charge in [-0.2, -0.15) is 0 Å². The molecule has 0 saturated heterocycles. The molecule has 0 amide bonds. The van der Waals surface area contributed by atoms with Crippen molar-refractivity contribution in [1.82, 2.24) is 0 Å². The van der Waals surface area contributed by atoms with Crippen molar-refractivity contribution in [2.24, 2.45) is 0 Å². The number of benzene rings is 3. The van der Waals surface area contributed by atoms with Gasteiger partial charge in [-0.05, 0) is 36.8 Å². The Hall–Kier alpha value is -3.12. The third-order valence-electron chi connectivity index (χ3n) is 5.15. The third kappa shape index (κ3) is 1.84. The van der Waals surface area contributed by atoms with Crippen LogP contribution in [0.2, 0.25) is 0 Å². The Balaban J connectivity index is 1.78. The number of rotatable bonds is 0. The van der Waals surface area contributed by atoms with Crippen LogP contribution in [0.1, 0.15) is 30.1 Å². The molecule has 0 bridgehead atoms. The summed E-state index contributed by atoms with van der Waals surface area (Å²) >= 11 is 0. The molecule has 2 atom stereocenters. The summed E-state index contributed by atoms with van der Waals surface area (Å²) in [6, 6.07) is 11.2. The van der Waals surface area contributed by atoms with Crippen LogP contribution in [0.3, 0.4) is 0 Å². The maximum Gasteiger partial charge on any atom is 0.282 e. The summed E-state index contributed by atoms with van der Waals surface area (Å²) in [5, 5.41) is 42.4. The van der Waals surface area contributed by atoms with E-state index in [1.54, 1.807) is 30.3 Å². The van der Waals surface area contributed by atoms with Crippen LogP contribution >= 0.6 is 0 Å². The Labute approximate surface area is 148 Å². The first-order chi connectivity index (χ1) is 12.5. The SMILES string of the molecule is Oc1ccc(O)c2c1[C@@H](O)CC[C@]21Oc2cccc3c(O)ccc(c23)O1. The van der Waals surface area contributed by atoms with E-state index in [1.807, 2.05) is 0 Å². The highest BCUT2D eigenvalue weighted by Gasteiger charge is 2.49. The molecule has 26 heavy (non-hydrogen) atoms. The lowest BCUT2D eigenvalue weighted by Crippen LogP contribution is -2.45. The van der Waals surface area contributed by atoms with Gasteiger partial charge in [0, 0.05) is 17.4 Å². The minimum Gasteiger partial charge on any atom is -0.508 e. The lowest BCUT2D eigenvalue weighted by molar-refractivity contribution is -0.148. The van der Waals surface area contributed by atoms with E-state index in [0.29, 0.717) is 28.7 Å². The average molecular weight is 352 g/mol. The largest absolute Gasteiger partial charge is 0.508 e. The second-order valence-corrected chi connectivity index (χ2v) is 6.67. The molecule has 5 rings (SSSR count). The maximum absolute atomic E-state index is 10.5. The number of aliphatic hydroxyl groups is 1. The van der Waals surface area contributed by atoms with Crippen LogP contribution in [0.5, 0.6) is 28.7 Å². The monoisotopic (exact) mass is 352 g/mol. The molecule has 0 radical (unpaired) electrons. The second-order valence-electron chi connectivity index (χ2n) is 6.67. The number of fused-ring (bicyclic) bond motifs is 2. The molecule has 0 fully saturated rings. The zero-order valence-corrected chi connectivity index (χ0v) is 13.6. The molecule has 1 aliphatic carbocycles. The van der Waals surface area contributed by atoms with Crippen LogP contribution < -0.4 is 9.47 Å². The number of phenolic OH excluding ortho intramolecular Hbond substituents is 3. The van der Waals surface area contributed by atoms with E-state index in [2.05, 4.69) is 0 Å². The fraction of sp³-hybridized carbons (Fsp3) is 0.200. The Morgan fingerprint density at radius 3 is 2.35 bits per heavy atom. The van der Waals surface area contributed by atoms with Gasteiger partial charge in [-0.15, -0.1) is 0 Å². The summed E-state index contributed by atoms with van der Waals surface area (Å²) in [6.45, 7) is 0. The summed E-state index contributed by atoms with van der Waals surface area (Å²) in [6.07, 6.45) is -0.339. The van der Waals surface area contributed by atoms with Gasteiger partial charge in [-0.3, -0.25) is 0 Å². The Morgan fingerprint density at radius 1 is 0.846 bits per heavy atom. The first-order valence-electron chi connectivity index (χ1n) is 8.36. The van der Waals surface area contributed by atoms with Crippen LogP contribution in [0, 0.1) is 0 Å². The number of aromatic hydroxyl groups is 3. The van der Waals surface area contributed by atoms with Crippen molar-refractivity contribution < 1.29 is 29.9 Å². The van der Waals surface area contributed by atoms with Gasteiger partial charge in [0.1, 0.15) is 28.7 Å². The van der Waals surface area contributed by atoms with Crippen LogP contribution in [0.15, 0.2) is 42.5 Å². The standard InChI is InChI=1S/C20H16O6/c21-11-6-7-16-17-10(11)2-1-3-15(17)25-20(26-16)9-8-13(23)18-12(22)4-5-14(24)19(18)20/h1-7,13,21-24H,8-9H2/t13-,20+/m0/s1. The van der Waals surface area contributed by atoms with Gasteiger partial charge in [0.15, 0.2) is 0 Å². The highest BCUT2D eigenvalue weighted by atomic mass is 16.7. The lowest BCUT2D eigenvalue weighted by Gasteiger charge is -2.43. The number of hydrogen-bond donors (Lipinski definition) is 4. The fourth-order valence-electron chi connectivity index (χ4n) is 4.01. The predicted octanol–water partition coefficient (Wildman–Crippen LogP) is 3.41. The topological polar surface area (TPSA) is 99.4 Å². The first-order valence-corrected chi connectivity index (χ1v) is 8.36. The molecular weight excluding hydrogens is 336 g/mol. The average Bonchev–Trinajstić information content (AvgIpc) is 2.63. The Morgan fingerprint density at radius 2 is 1.54 bits per heavy atom. The van der Waals surface area contributed by atoms with Gasteiger partial charge in [-0.1, -0.05) is 12.1 Å². The lowest BCUT2D eigenvalue weighted by atomic mass is 9.82. The summed E-state index contributed by atoms with van der Waals surface area (Å²) in [5.74, 6) is -0.476. The van der Waals surface area contributed by atoms with Crippen molar-refractivity contribution in [3.05, 3.63) is 53.6 Å². The van der Waals surface area contributed by atoms with Crippen LogP contribution in [0.25, 0.3) is 10.8 Å². The van der Waals surface area contributed by atoms with E-state index in [-0.39, 0.29) is 34.8 Å². The molecule has 4 N–H and O–H groups in total. The smallest absolute Gasteiger partial charge is 0.282 e. The zero-order valence-electron chi connectivity index (χ0n) is 13.6. The van der Waals surface area contributed by atoms with Gasteiger partial charge in [-0.25, -0.2) is 0 Å². The summed E-state index contributed by atoms with van der Waals surface area (Å²) in [4.78, 5) is 0. The van der Waals surface area contributed by atoms with Gasteiger partial charge in [0.2, 0.25) is 0 Å². The molecule has 1 spiro atoms. The van der Waals surface area contributed by atoms with Crippen molar-refractivity contribution in [3.8, 4) is 28.7 Å². The van der Waals surface area contributed by atoms with Crippen LogP contribution in [0.4, 0.5) is 0 Å². The van der Waals surface area contributed by atoms with Crippen molar-refractivity contribution in [3.63, 3.8) is 0 Å². The van der Waals surface area contributed by atoms with Gasteiger partial charge in [0.05, 0.1) is 17.1 Å². The van der Waals surface area contributed by atoms with E-state index in [1.165, 1.54) is 12.1 Å². The maximum atomic E-state index is 10.5. The minimum absolute atomic E-state index is 0.119. The molecule has 0 aromatic heterocycles. The van der Waals surface area contributed by atoms with Crippen LogP contribution in [-0.2, 0) is 5.79 Å². The number of hydrogen-bond acceptors (Lipinski definition) is 6. The Bertz CT molecular complexity index is 1050. The molecule has 0 unspecified atom stereocenters. The minimum atomic E-state index is -1.37. The van der Waals surface area contributed by atoms with E-state index >= 15 is 0 Å². The third-order valence-corrected chi connectivity index (χ3v) is 5.15. The molecule has 3 aromatic carbocycles. The summed E-state index contributed by atoms with van der Waals surface area (Å²) < 4.78 is 12.4. The van der Waals surface area contributed by atoms with Gasteiger partial charge < -0.3 is 29.9 Å². The van der Waals surface area contributed by atoms with E-state index in [4.69, 9.17) is 9.47 Å². The molecule has 132 valence electrons. The molecule has 0 saturated carbocycles. The van der Waals surface area contributed by atoms with E-state index in [9.17, 15) is 20.4 Å². The number of aliphatic hydroxyl groups excluding tert-OH is 1. The second kappa shape index (κ2) is 4.95. The zero-order chi connectivity index (χ0) is 18.1. The molecule has 6 heteroatoms. The van der Waals surface area contributed by atoms with Gasteiger partial charge in [0.25, 0.3) is 5.79 Å². The van der Waals surface area contributed by atoms with E-state index < -0.39 is 11.9 Å². The van der Waals surface area contributed by atoms with Crippen LogP contribution in [-0.4, -0.2) is 20.4 Å². The Kier molecular flexibility index (Phi) is 2.89. The quantitative estimate of drug-likeness (QED) is 0.463. The summed E-state index contributed by atoms with van der Waals surface area (Å²) in [7, 11) is 0. The van der Waals surface area contributed by atoms with E-state index in [0.717, 1.165) is 0 Å². The molecular formula is C20H16O6. The van der Waals surface area contributed by atoms with Crippen molar-refractivity contribution in [2.75, 3.05) is 0 Å². The highest BCUT2D eigenvalue weighted by molar-refractivity contribution is 5.98. The molecule has 1 aliphatic heterocycles.